The van der Waals surface area contributed by atoms with E-state index in [4.69, 9.17) is 9.26 Å². The Labute approximate surface area is 96.1 Å². The molecule has 94 valence electrons. The number of carbonyl (C=O) groups is 1. The maximum atomic E-state index is 12.0. The standard InChI is InChI=1S/C10H12F2N2O3/c11-10(12)7(15)5-9-13-8(14-17-9)4-6-2-1-3-16-6/h6,10H,1-5H2. The second-order valence-corrected chi connectivity index (χ2v) is 3.89. The van der Waals surface area contributed by atoms with Crippen molar-refractivity contribution in [1.29, 1.82) is 0 Å². The topological polar surface area (TPSA) is 65.2 Å². The fourth-order valence-corrected chi connectivity index (χ4v) is 1.68. The minimum atomic E-state index is -3.00. The molecule has 0 saturated carbocycles. The van der Waals surface area contributed by atoms with Crippen molar-refractivity contribution in [2.75, 3.05) is 6.61 Å². The van der Waals surface area contributed by atoms with Crippen LogP contribution in [-0.2, 0) is 22.4 Å². The lowest BCUT2D eigenvalue weighted by Gasteiger charge is -2.03. The van der Waals surface area contributed by atoms with E-state index in [1.54, 1.807) is 0 Å². The highest BCUT2D eigenvalue weighted by molar-refractivity contribution is 5.82. The largest absolute Gasteiger partial charge is 0.378 e. The number of rotatable bonds is 5. The summed E-state index contributed by atoms with van der Waals surface area (Å²) in [6.45, 7) is 0.721. The first-order valence-electron chi connectivity index (χ1n) is 5.39. The molecule has 17 heavy (non-hydrogen) atoms. The van der Waals surface area contributed by atoms with E-state index in [-0.39, 0.29) is 12.0 Å². The number of ether oxygens (including phenoxy) is 1. The van der Waals surface area contributed by atoms with Crippen LogP contribution in [0.2, 0.25) is 0 Å². The maximum absolute atomic E-state index is 12.0. The Morgan fingerprint density at radius 3 is 3.00 bits per heavy atom. The average molecular weight is 246 g/mol. The molecular weight excluding hydrogens is 234 g/mol. The van der Waals surface area contributed by atoms with E-state index >= 15 is 0 Å². The van der Waals surface area contributed by atoms with Crippen molar-refractivity contribution >= 4 is 5.78 Å². The summed E-state index contributed by atoms with van der Waals surface area (Å²) in [6.07, 6.45) is -1.03. The predicted molar refractivity (Wildman–Crippen MR) is 51.7 cm³/mol. The molecule has 2 rings (SSSR count). The van der Waals surface area contributed by atoms with Crippen LogP contribution in [0.25, 0.3) is 0 Å². The summed E-state index contributed by atoms with van der Waals surface area (Å²) < 4.78 is 34.1. The van der Waals surface area contributed by atoms with Gasteiger partial charge in [-0.15, -0.1) is 0 Å². The third-order valence-electron chi connectivity index (χ3n) is 2.51. The quantitative estimate of drug-likeness (QED) is 0.780. The highest BCUT2D eigenvalue weighted by atomic mass is 19.3. The summed E-state index contributed by atoms with van der Waals surface area (Å²) in [7, 11) is 0. The predicted octanol–water partition coefficient (Wildman–Crippen LogP) is 1.17. The van der Waals surface area contributed by atoms with E-state index in [2.05, 4.69) is 10.1 Å². The normalized spacial score (nSPS) is 20.1. The van der Waals surface area contributed by atoms with E-state index in [1.807, 2.05) is 0 Å². The van der Waals surface area contributed by atoms with Gasteiger partial charge in [-0.2, -0.15) is 4.98 Å². The summed E-state index contributed by atoms with van der Waals surface area (Å²) >= 11 is 0. The van der Waals surface area contributed by atoms with E-state index in [9.17, 15) is 13.6 Å². The minimum Gasteiger partial charge on any atom is -0.378 e. The van der Waals surface area contributed by atoms with Crippen molar-refractivity contribution in [3.05, 3.63) is 11.7 Å². The van der Waals surface area contributed by atoms with Gasteiger partial charge in [-0.25, -0.2) is 8.78 Å². The summed E-state index contributed by atoms with van der Waals surface area (Å²) in [5.41, 5.74) is 0. The molecule has 0 aromatic carbocycles. The Morgan fingerprint density at radius 2 is 2.35 bits per heavy atom. The lowest BCUT2D eigenvalue weighted by Crippen LogP contribution is -2.13. The molecule has 1 atom stereocenters. The number of halogens is 2. The van der Waals surface area contributed by atoms with Gasteiger partial charge >= 0.3 is 0 Å². The molecule has 1 fully saturated rings. The van der Waals surface area contributed by atoms with Crippen LogP contribution in [0.4, 0.5) is 8.78 Å². The second-order valence-electron chi connectivity index (χ2n) is 3.89. The molecule has 1 aromatic heterocycles. The molecule has 1 aromatic rings. The van der Waals surface area contributed by atoms with Crippen molar-refractivity contribution in [2.45, 2.75) is 38.2 Å². The first-order chi connectivity index (χ1) is 8.15. The van der Waals surface area contributed by atoms with E-state index < -0.39 is 18.6 Å². The first-order valence-corrected chi connectivity index (χ1v) is 5.39. The molecule has 0 N–H and O–H groups in total. The maximum Gasteiger partial charge on any atom is 0.296 e. The van der Waals surface area contributed by atoms with Gasteiger partial charge in [0.1, 0.15) is 0 Å². The molecule has 5 nitrogen and oxygen atoms in total. The third-order valence-corrected chi connectivity index (χ3v) is 2.51. The van der Waals surface area contributed by atoms with Crippen LogP contribution in [-0.4, -0.2) is 35.1 Å². The molecule has 1 unspecified atom stereocenters. The lowest BCUT2D eigenvalue weighted by molar-refractivity contribution is -0.129. The summed E-state index contributed by atoms with van der Waals surface area (Å²) in [5.74, 6) is -0.880. The summed E-state index contributed by atoms with van der Waals surface area (Å²) in [6, 6.07) is 0. The van der Waals surface area contributed by atoms with E-state index in [1.165, 1.54) is 0 Å². The number of nitrogens with zero attached hydrogens (tertiary/aromatic N) is 2. The molecule has 2 heterocycles. The van der Waals surface area contributed by atoms with Gasteiger partial charge in [0.2, 0.25) is 11.7 Å². The second kappa shape index (κ2) is 5.31. The summed E-state index contributed by atoms with van der Waals surface area (Å²) in [5, 5.41) is 3.63. The fourth-order valence-electron chi connectivity index (χ4n) is 1.68. The van der Waals surface area contributed by atoms with Crippen molar-refractivity contribution in [2.24, 2.45) is 0 Å². The van der Waals surface area contributed by atoms with E-state index in [0.29, 0.717) is 12.2 Å². The van der Waals surface area contributed by atoms with Gasteiger partial charge in [0.25, 0.3) is 6.43 Å². The Bertz CT molecular complexity index is 389. The van der Waals surface area contributed by atoms with Crippen LogP contribution in [0.15, 0.2) is 4.52 Å². The zero-order valence-electron chi connectivity index (χ0n) is 9.07. The average Bonchev–Trinajstić information content (AvgIpc) is 2.91. The van der Waals surface area contributed by atoms with Gasteiger partial charge in [0.15, 0.2) is 5.82 Å². The molecule has 0 amide bonds. The minimum absolute atomic E-state index is 0.0613. The van der Waals surface area contributed by atoms with Gasteiger partial charge in [0, 0.05) is 13.0 Å². The Kier molecular flexibility index (Phi) is 3.78. The number of carbonyl (C=O) groups excluding carboxylic acids is 1. The van der Waals surface area contributed by atoms with Gasteiger partial charge in [-0.1, -0.05) is 5.16 Å². The Morgan fingerprint density at radius 1 is 1.53 bits per heavy atom. The molecule has 0 spiro atoms. The fraction of sp³-hybridized carbons (Fsp3) is 0.700. The Balaban J connectivity index is 1.89. The number of hydrogen-bond acceptors (Lipinski definition) is 5. The Hall–Kier alpha value is -1.37. The molecule has 0 bridgehead atoms. The SMILES string of the molecule is O=C(Cc1nc(CC2CCCO2)no1)C(F)F. The number of ketones is 1. The zero-order chi connectivity index (χ0) is 12.3. The zero-order valence-corrected chi connectivity index (χ0v) is 9.07. The van der Waals surface area contributed by atoms with Crippen LogP contribution in [0, 0.1) is 0 Å². The smallest absolute Gasteiger partial charge is 0.296 e. The van der Waals surface area contributed by atoms with Crippen LogP contribution >= 0.6 is 0 Å². The monoisotopic (exact) mass is 246 g/mol. The van der Waals surface area contributed by atoms with Crippen molar-refractivity contribution < 1.29 is 22.8 Å². The molecular formula is C10H12F2N2O3. The van der Waals surface area contributed by atoms with Crippen LogP contribution in [0.3, 0.4) is 0 Å². The summed E-state index contributed by atoms with van der Waals surface area (Å²) in [4.78, 5) is 14.6. The number of alkyl halides is 2. The number of hydrogen-bond donors (Lipinski definition) is 0. The van der Waals surface area contributed by atoms with Gasteiger partial charge < -0.3 is 9.26 Å². The van der Waals surface area contributed by atoms with Crippen LogP contribution in [0.5, 0.6) is 0 Å². The molecule has 0 radical (unpaired) electrons. The van der Waals surface area contributed by atoms with Gasteiger partial charge in [0.05, 0.1) is 12.5 Å². The third kappa shape index (κ3) is 3.29. The molecule has 1 saturated heterocycles. The van der Waals surface area contributed by atoms with Crippen LogP contribution in [0.1, 0.15) is 24.6 Å². The van der Waals surface area contributed by atoms with Crippen molar-refractivity contribution in [1.82, 2.24) is 10.1 Å². The van der Waals surface area contributed by atoms with E-state index in [0.717, 1.165) is 19.4 Å². The highest BCUT2D eigenvalue weighted by Crippen LogP contribution is 2.15. The lowest BCUT2D eigenvalue weighted by atomic mass is 10.2. The van der Waals surface area contributed by atoms with Crippen molar-refractivity contribution in [3.8, 4) is 0 Å². The molecule has 7 heteroatoms. The van der Waals surface area contributed by atoms with Gasteiger partial charge in [-0.3, -0.25) is 4.79 Å². The molecule has 0 aliphatic carbocycles. The molecule has 1 aliphatic rings. The van der Waals surface area contributed by atoms with Gasteiger partial charge in [-0.05, 0) is 12.8 Å². The number of Topliss-reactive ketones (excluding diaryl/α,β-unsaturated/α-hetero) is 1. The van der Waals surface area contributed by atoms with Crippen LogP contribution < -0.4 is 0 Å². The first kappa shape index (κ1) is 12.1. The molecule has 1 aliphatic heterocycles. The number of aromatic nitrogens is 2. The highest BCUT2D eigenvalue weighted by Gasteiger charge is 2.22. The van der Waals surface area contributed by atoms with Crippen molar-refractivity contribution in [3.63, 3.8) is 0 Å².